The monoisotopic (exact) mass is 691 g/mol. The van der Waals surface area contributed by atoms with E-state index in [0.29, 0.717) is 11.1 Å². The van der Waals surface area contributed by atoms with Gasteiger partial charge in [0.25, 0.3) is 0 Å². The molecule has 1 amide bonds. The van der Waals surface area contributed by atoms with Gasteiger partial charge in [0.2, 0.25) is 0 Å². The van der Waals surface area contributed by atoms with Crippen molar-refractivity contribution in [2.24, 2.45) is 0 Å². The van der Waals surface area contributed by atoms with E-state index in [2.05, 4.69) is 0 Å². The second-order valence-corrected chi connectivity index (χ2v) is 14.5. The molecule has 0 spiro atoms. The lowest BCUT2D eigenvalue weighted by Gasteiger charge is -2.44. The van der Waals surface area contributed by atoms with Crippen molar-refractivity contribution in [2.45, 2.75) is 89.9 Å². The minimum atomic E-state index is -1.32. The van der Waals surface area contributed by atoms with Crippen LogP contribution in [-0.2, 0) is 46.4 Å². The molecule has 0 unspecified atom stereocenters. The minimum Gasteiger partial charge on any atom is -0.459 e. The molecular formula is C42H45NO8. The first-order valence-corrected chi connectivity index (χ1v) is 17.0. The molecule has 4 aromatic rings. The van der Waals surface area contributed by atoms with Crippen LogP contribution in [0, 0.1) is 0 Å². The molecule has 0 N–H and O–H groups in total. The molecule has 1 saturated heterocycles. The average molecular weight is 692 g/mol. The second kappa shape index (κ2) is 15.6. The fourth-order valence-electron chi connectivity index (χ4n) is 5.98. The maximum Gasteiger partial charge on any atom is 0.411 e. The van der Waals surface area contributed by atoms with Crippen molar-refractivity contribution in [1.82, 2.24) is 4.90 Å². The van der Waals surface area contributed by atoms with Gasteiger partial charge in [0.15, 0.2) is 12.0 Å². The van der Waals surface area contributed by atoms with Crippen molar-refractivity contribution in [3.8, 4) is 0 Å². The predicted octanol–water partition coefficient (Wildman–Crippen LogP) is 8.04. The van der Waals surface area contributed by atoms with Crippen LogP contribution in [0.2, 0.25) is 0 Å². The van der Waals surface area contributed by atoms with Crippen LogP contribution in [0.5, 0.6) is 0 Å². The fraction of sp³-hybridized carbons (Fsp3) is 0.333. The van der Waals surface area contributed by atoms with E-state index < -0.39 is 59.3 Å². The smallest absolute Gasteiger partial charge is 0.411 e. The second-order valence-electron chi connectivity index (χ2n) is 14.5. The van der Waals surface area contributed by atoms with Gasteiger partial charge in [-0.3, -0.25) is 14.5 Å². The van der Waals surface area contributed by atoms with Gasteiger partial charge < -0.3 is 18.9 Å². The number of benzene rings is 4. The van der Waals surface area contributed by atoms with E-state index >= 15 is 0 Å². The van der Waals surface area contributed by atoms with E-state index in [9.17, 15) is 19.2 Å². The number of cyclic esters (lactones) is 1. The zero-order valence-corrected chi connectivity index (χ0v) is 29.9. The van der Waals surface area contributed by atoms with Crippen LogP contribution in [-0.4, -0.2) is 46.1 Å². The first kappa shape index (κ1) is 36.8. The number of amides is 1. The molecule has 5 rings (SSSR count). The highest BCUT2D eigenvalue weighted by Crippen LogP contribution is 2.43. The zero-order chi connectivity index (χ0) is 36.8. The Bertz CT molecular complexity index is 1770. The maximum atomic E-state index is 14.2. The summed E-state index contributed by atoms with van der Waals surface area (Å²) in [6, 6.07) is 33.1. The van der Waals surface area contributed by atoms with Gasteiger partial charge in [0.1, 0.15) is 29.9 Å². The lowest BCUT2D eigenvalue weighted by atomic mass is 9.89. The molecule has 1 heterocycles. The van der Waals surface area contributed by atoms with Crippen LogP contribution in [0.3, 0.4) is 0 Å². The van der Waals surface area contributed by atoms with Gasteiger partial charge in [0.05, 0.1) is 0 Å². The number of ether oxygens (including phenoxy) is 4. The molecule has 3 atom stereocenters. The summed E-state index contributed by atoms with van der Waals surface area (Å²) in [4.78, 5) is 56.2. The number of hydrogen-bond acceptors (Lipinski definition) is 8. The molecule has 0 bridgehead atoms. The Balaban J connectivity index is 1.50. The number of esters is 3. The van der Waals surface area contributed by atoms with E-state index in [1.165, 1.54) is 4.90 Å². The Hall–Kier alpha value is -5.44. The molecule has 266 valence electrons. The third kappa shape index (κ3) is 9.63. The average Bonchev–Trinajstić information content (AvgIpc) is 3.08. The number of hydrogen-bond donors (Lipinski definition) is 0. The number of rotatable bonds is 9. The van der Waals surface area contributed by atoms with E-state index in [4.69, 9.17) is 18.9 Å². The number of nitrogens with zero attached hydrogens (tertiary/aromatic N) is 1. The molecule has 0 radical (unpaired) electrons. The highest BCUT2D eigenvalue weighted by molar-refractivity contribution is 6.01. The maximum absolute atomic E-state index is 14.2. The van der Waals surface area contributed by atoms with Gasteiger partial charge in [-0.15, -0.1) is 0 Å². The molecule has 0 aromatic heterocycles. The van der Waals surface area contributed by atoms with Crippen molar-refractivity contribution >= 4 is 24.0 Å². The van der Waals surface area contributed by atoms with Crippen molar-refractivity contribution in [3.63, 3.8) is 0 Å². The van der Waals surface area contributed by atoms with Crippen LogP contribution in [0.1, 0.15) is 87.4 Å². The van der Waals surface area contributed by atoms with Crippen molar-refractivity contribution < 1.29 is 38.1 Å². The summed E-state index contributed by atoms with van der Waals surface area (Å²) < 4.78 is 23.2. The third-order valence-corrected chi connectivity index (χ3v) is 8.15. The molecule has 9 heteroatoms. The molecule has 1 aliphatic heterocycles. The van der Waals surface area contributed by atoms with Crippen LogP contribution >= 0.6 is 0 Å². The van der Waals surface area contributed by atoms with Gasteiger partial charge in [-0.25, -0.2) is 9.59 Å². The van der Waals surface area contributed by atoms with E-state index in [0.717, 1.165) is 16.7 Å². The van der Waals surface area contributed by atoms with Gasteiger partial charge in [0, 0.05) is 6.42 Å². The molecular weight excluding hydrogens is 646 g/mol. The van der Waals surface area contributed by atoms with Crippen molar-refractivity contribution in [3.05, 3.63) is 143 Å². The molecule has 4 aromatic carbocycles. The predicted molar refractivity (Wildman–Crippen MR) is 191 cm³/mol. The molecule has 1 aliphatic rings. The zero-order valence-electron chi connectivity index (χ0n) is 29.9. The summed E-state index contributed by atoms with van der Waals surface area (Å²) in [5.74, 6) is -3.37. The Morgan fingerprint density at radius 3 is 1.67 bits per heavy atom. The summed E-state index contributed by atoms with van der Waals surface area (Å²) in [7, 11) is 0. The van der Waals surface area contributed by atoms with Gasteiger partial charge in [-0.2, -0.15) is 0 Å². The summed E-state index contributed by atoms with van der Waals surface area (Å²) >= 11 is 0. The largest absolute Gasteiger partial charge is 0.459 e. The first-order valence-electron chi connectivity index (χ1n) is 17.0. The highest BCUT2D eigenvalue weighted by Gasteiger charge is 2.48. The Labute approximate surface area is 299 Å². The van der Waals surface area contributed by atoms with E-state index in [-0.39, 0.29) is 13.0 Å². The SMILES string of the molecule is CC(C)(C)OC(=O)C(C(=O)OC(C)(C)C)c1ccc(C[C@H]2C(=O)O[C@H](c3ccccc3)[C@H](c3ccccc3)N2C(=O)OCc2ccccc2)cc1. The van der Waals surface area contributed by atoms with Crippen molar-refractivity contribution in [1.29, 1.82) is 0 Å². The highest BCUT2D eigenvalue weighted by atomic mass is 16.6. The Kier molecular flexibility index (Phi) is 11.3. The van der Waals surface area contributed by atoms with Crippen molar-refractivity contribution in [2.75, 3.05) is 0 Å². The molecule has 9 nitrogen and oxygen atoms in total. The van der Waals surface area contributed by atoms with Gasteiger partial charge >= 0.3 is 24.0 Å². The lowest BCUT2D eigenvalue weighted by Crippen LogP contribution is -2.55. The summed E-state index contributed by atoms with van der Waals surface area (Å²) in [5.41, 5.74) is 1.69. The van der Waals surface area contributed by atoms with Crippen LogP contribution in [0.4, 0.5) is 4.79 Å². The molecule has 0 saturated carbocycles. The quantitative estimate of drug-likeness (QED) is 0.0986. The minimum absolute atomic E-state index is 0.0148. The molecule has 1 fully saturated rings. The van der Waals surface area contributed by atoms with Crippen LogP contribution in [0.25, 0.3) is 0 Å². The summed E-state index contributed by atoms with van der Waals surface area (Å²) in [6.07, 6.45) is -1.39. The third-order valence-electron chi connectivity index (χ3n) is 8.15. The lowest BCUT2D eigenvalue weighted by molar-refractivity contribution is -0.173. The van der Waals surface area contributed by atoms with Crippen LogP contribution < -0.4 is 0 Å². The standard InChI is InChI=1S/C42H45NO8/c1-41(2,3)50-38(45)34(39(46)51-42(4,5)6)30-24-22-28(23-25-30)26-33-37(44)49-36(32-20-14-9-15-21-32)35(31-18-12-8-13-19-31)43(33)40(47)48-27-29-16-10-7-11-17-29/h7-25,33-36H,26-27H2,1-6H3/t33-,35-,36+/m0/s1. The summed E-state index contributed by atoms with van der Waals surface area (Å²) in [5, 5.41) is 0. The number of carbonyl (C=O) groups is 4. The number of carbonyl (C=O) groups excluding carboxylic acids is 4. The normalized spacial score (nSPS) is 17.7. The number of morpholine rings is 1. The summed E-state index contributed by atoms with van der Waals surface area (Å²) in [6.45, 7) is 10.4. The fourth-order valence-corrected chi connectivity index (χ4v) is 5.98. The topological polar surface area (TPSA) is 108 Å². The van der Waals surface area contributed by atoms with Crippen LogP contribution in [0.15, 0.2) is 115 Å². The van der Waals surface area contributed by atoms with E-state index in [1.807, 2.05) is 91.0 Å². The van der Waals surface area contributed by atoms with E-state index in [1.54, 1.807) is 65.8 Å². The Morgan fingerprint density at radius 1 is 0.667 bits per heavy atom. The molecule has 0 aliphatic carbocycles. The van der Waals surface area contributed by atoms with Gasteiger partial charge in [-0.05, 0) is 69.4 Å². The Morgan fingerprint density at radius 2 is 1.16 bits per heavy atom. The molecule has 51 heavy (non-hydrogen) atoms. The van der Waals surface area contributed by atoms with Gasteiger partial charge in [-0.1, -0.05) is 115 Å². The first-order chi connectivity index (χ1) is 24.2.